The van der Waals surface area contributed by atoms with Gasteiger partial charge in [0.25, 0.3) is 0 Å². The van der Waals surface area contributed by atoms with Crippen LogP contribution in [0, 0.1) is 0 Å². The van der Waals surface area contributed by atoms with Gasteiger partial charge in [0.05, 0.1) is 24.1 Å². The van der Waals surface area contributed by atoms with E-state index in [-0.39, 0.29) is 0 Å². The molecule has 0 fully saturated rings. The Morgan fingerprint density at radius 3 is 2.33 bits per heavy atom. The maximum atomic E-state index is 4.48. The molecule has 0 aliphatic carbocycles. The molecule has 3 heterocycles. The van der Waals surface area contributed by atoms with Crippen LogP contribution in [0.4, 0.5) is 0 Å². The fourth-order valence-corrected chi connectivity index (χ4v) is 2.49. The largest absolute Gasteiger partial charge is 0.255 e. The summed E-state index contributed by atoms with van der Waals surface area (Å²) in [7, 11) is 0. The minimum absolute atomic E-state index is 0.702. The van der Waals surface area contributed by atoms with Crippen LogP contribution >= 0.6 is 0 Å². The standard InChI is InChI=1S/C19H15N5/c1-2-6-15(7-3-1)13-24-14-19(22-23-24)16-9-10-18(21-12-16)17-8-4-5-11-20-17/h1-12,14H,13H2. The van der Waals surface area contributed by atoms with Crippen LogP contribution in [0.2, 0.25) is 0 Å². The van der Waals surface area contributed by atoms with Gasteiger partial charge >= 0.3 is 0 Å². The van der Waals surface area contributed by atoms with E-state index in [1.54, 1.807) is 12.4 Å². The van der Waals surface area contributed by atoms with E-state index in [1.165, 1.54) is 5.56 Å². The molecule has 0 aliphatic heterocycles. The van der Waals surface area contributed by atoms with Crippen molar-refractivity contribution in [1.82, 2.24) is 25.0 Å². The lowest BCUT2D eigenvalue weighted by molar-refractivity contribution is 0.650. The molecular weight excluding hydrogens is 298 g/mol. The summed E-state index contributed by atoms with van der Waals surface area (Å²) in [4.78, 5) is 8.79. The maximum Gasteiger partial charge on any atom is 0.114 e. The first kappa shape index (κ1) is 14.3. The second-order valence-corrected chi connectivity index (χ2v) is 5.43. The lowest BCUT2D eigenvalue weighted by atomic mass is 10.2. The Bertz CT molecular complexity index is 915. The van der Waals surface area contributed by atoms with Crippen molar-refractivity contribution >= 4 is 0 Å². The zero-order valence-electron chi connectivity index (χ0n) is 12.9. The van der Waals surface area contributed by atoms with Gasteiger partial charge < -0.3 is 0 Å². The van der Waals surface area contributed by atoms with Gasteiger partial charge in [-0.25, -0.2) is 4.68 Å². The van der Waals surface area contributed by atoms with Crippen molar-refractivity contribution < 1.29 is 0 Å². The molecular formula is C19H15N5. The molecule has 3 aromatic heterocycles. The number of nitrogens with zero attached hydrogens (tertiary/aromatic N) is 5. The Hall–Kier alpha value is -3.34. The van der Waals surface area contributed by atoms with Crippen molar-refractivity contribution in [2.75, 3.05) is 0 Å². The summed E-state index contributed by atoms with van der Waals surface area (Å²) in [5.41, 5.74) is 4.64. The van der Waals surface area contributed by atoms with E-state index in [0.717, 1.165) is 22.6 Å². The van der Waals surface area contributed by atoms with Crippen molar-refractivity contribution in [2.45, 2.75) is 6.54 Å². The predicted molar refractivity (Wildman–Crippen MR) is 92.0 cm³/mol. The molecule has 116 valence electrons. The van der Waals surface area contributed by atoms with Gasteiger partial charge in [-0.3, -0.25) is 9.97 Å². The van der Waals surface area contributed by atoms with E-state index in [1.807, 2.05) is 59.4 Å². The number of benzene rings is 1. The number of aromatic nitrogens is 5. The van der Waals surface area contributed by atoms with E-state index in [4.69, 9.17) is 0 Å². The summed E-state index contributed by atoms with van der Waals surface area (Å²) < 4.78 is 1.83. The second-order valence-electron chi connectivity index (χ2n) is 5.43. The van der Waals surface area contributed by atoms with Crippen LogP contribution in [-0.4, -0.2) is 25.0 Å². The zero-order chi connectivity index (χ0) is 16.2. The highest BCUT2D eigenvalue weighted by molar-refractivity contribution is 5.61. The van der Waals surface area contributed by atoms with E-state index in [0.29, 0.717) is 6.54 Å². The molecule has 0 aliphatic rings. The zero-order valence-corrected chi connectivity index (χ0v) is 12.9. The van der Waals surface area contributed by atoms with Crippen LogP contribution in [0.5, 0.6) is 0 Å². The molecule has 0 unspecified atom stereocenters. The first-order chi connectivity index (χ1) is 11.9. The normalized spacial score (nSPS) is 10.7. The van der Waals surface area contributed by atoms with E-state index in [2.05, 4.69) is 32.4 Å². The van der Waals surface area contributed by atoms with E-state index in [9.17, 15) is 0 Å². The first-order valence-corrected chi connectivity index (χ1v) is 7.70. The topological polar surface area (TPSA) is 56.5 Å². The summed E-state index contributed by atoms with van der Waals surface area (Å²) >= 11 is 0. The van der Waals surface area contributed by atoms with E-state index < -0.39 is 0 Å². The first-order valence-electron chi connectivity index (χ1n) is 7.70. The molecule has 5 heteroatoms. The predicted octanol–water partition coefficient (Wildman–Crippen LogP) is 3.45. The Morgan fingerprint density at radius 2 is 1.58 bits per heavy atom. The third-order valence-electron chi connectivity index (χ3n) is 3.71. The maximum absolute atomic E-state index is 4.48. The van der Waals surface area contributed by atoms with E-state index >= 15 is 0 Å². The number of hydrogen-bond donors (Lipinski definition) is 0. The highest BCUT2D eigenvalue weighted by Crippen LogP contribution is 2.19. The SMILES string of the molecule is c1ccc(Cn2cc(-c3ccc(-c4ccccn4)nc3)nn2)cc1. The monoisotopic (exact) mass is 313 g/mol. The highest BCUT2D eigenvalue weighted by Gasteiger charge is 2.06. The number of pyridine rings is 2. The Kier molecular flexibility index (Phi) is 3.81. The minimum atomic E-state index is 0.702. The van der Waals surface area contributed by atoms with Gasteiger partial charge in [-0.05, 0) is 29.8 Å². The van der Waals surface area contributed by atoms with Gasteiger partial charge in [0.2, 0.25) is 0 Å². The number of rotatable bonds is 4. The van der Waals surface area contributed by atoms with Gasteiger partial charge in [-0.2, -0.15) is 0 Å². The molecule has 4 rings (SSSR count). The number of hydrogen-bond acceptors (Lipinski definition) is 4. The van der Waals surface area contributed by atoms with Gasteiger partial charge in [0.1, 0.15) is 5.69 Å². The third kappa shape index (κ3) is 3.05. The molecule has 0 spiro atoms. The van der Waals surface area contributed by atoms with Crippen LogP contribution in [0.1, 0.15) is 5.56 Å². The van der Waals surface area contributed by atoms with Crippen LogP contribution in [0.25, 0.3) is 22.6 Å². The molecule has 0 radical (unpaired) electrons. The van der Waals surface area contributed by atoms with Crippen molar-refractivity contribution in [3.05, 3.63) is 84.8 Å². The average molecular weight is 313 g/mol. The summed E-state index contributed by atoms with van der Waals surface area (Å²) in [6.07, 6.45) is 5.51. The molecule has 4 aromatic rings. The third-order valence-corrected chi connectivity index (χ3v) is 3.71. The molecule has 5 nitrogen and oxygen atoms in total. The lowest BCUT2D eigenvalue weighted by Crippen LogP contribution is -1.99. The molecule has 0 amide bonds. The van der Waals surface area contributed by atoms with Gasteiger partial charge in [-0.1, -0.05) is 41.6 Å². The van der Waals surface area contributed by atoms with Crippen molar-refractivity contribution in [1.29, 1.82) is 0 Å². The molecule has 0 N–H and O–H groups in total. The minimum Gasteiger partial charge on any atom is -0.255 e. The van der Waals surface area contributed by atoms with Crippen LogP contribution < -0.4 is 0 Å². The van der Waals surface area contributed by atoms with Gasteiger partial charge in [0.15, 0.2) is 0 Å². The summed E-state index contributed by atoms with van der Waals surface area (Å²) in [5, 5.41) is 8.44. The van der Waals surface area contributed by atoms with Crippen molar-refractivity contribution in [2.24, 2.45) is 0 Å². The smallest absolute Gasteiger partial charge is 0.114 e. The summed E-state index contributed by atoms with van der Waals surface area (Å²) in [6, 6.07) is 19.9. The fourth-order valence-electron chi connectivity index (χ4n) is 2.49. The Morgan fingerprint density at radius 1 is 0.750 bits per heavy atom. The second kappa shape index (κ2) is 6.42. The summed E-state index contributed by atoms with van der Waals surface area (Å²) in [5.74, 6) is 0. The quantitative estimate of drug-likeness (QED) is 0.579. The molecule has 24 heavy (non-hydrogen) atoms. The average Bonchev–Trinajstić information content (AvgIpc) is 3.12. The lowest BCUT2D eigenvalue weighted by Gasteiger charge is -2.01. The molecule has 0 saturated carbocycles. The van der Waals surface area contributed by atoms with Gasteiger partial charge in [0, 0.05) is 18.0 Å². The van der Waals surface area contributed by atoms with Crippen molar-refractivity contribution in [3.8, 4) is 22.6 Å². The Balaban J connectivity index is 1.54. The van der Waals surface area contributed by atoms with Crippen LogP contribution in [0.3, 0.4) is 0 Å². The summed E-state index contributed by atoms with van der Waals surface area (Å²) in [6.45, 7) is 0.702. The Labute approximate surface area is 139 Å². The van der Waals surface area contributed by atoms with Gasteiger partial charge in [-0.15, -0.1) is 5.10 Å². The van der Waals surface area contributed by atoms with Crippen LogP contribution in [0.15, 0.2) is 79.3 Å². The molecule has 0 bridgehead atoms. The van der Waals surface area contributed by atoms with Crippen molar-refractivity contribution in [3.63, 3.8) is 0 Å². The fraction of sp³-hybridized carbons (Fsp3) is 0.0526. The molecule has 0 saturated heterocycles. The molecule has 0 atom stereocenters. The van der Waals surface area contributed by atoms with Crippen LogP contribution in [-0.2, 0) is 6.54 Å². The molecule has 1 aromatic carbocycles. The highest BCUT2D eigenvalue weighted by atomic mass is 15.4.